The first-order valence-corrected chi connectivity index (χ1v) is 9.24. The summed E-state index contributed by atoms with van der Waals surface area (Å²) in [6.07, 6.45) is 5.48. The van der Waals surface area contributed by atoms with Gasteiger partial charge in [0.05, 0.1) is 18.0 Å². The normalized spacial score (nSPS) is 17.9. The molecule has 0 heterocycles. The second-order valence-electron chi connectivity index (χ2n) is 5.98. The first-order chi connectivity index (χ1) is 10.4. The molecule has 1 atom stereocenters. The molecule has 4 nitrogen and oxygen atoms in total. The third-order valence-corrected chi connectivity index (χ3v) is 5.80. The number of ether oxygens (including phenoxy) is 1. The zero-order valence-corrected chi connectivity index (χ0v) is 14.2. The molecule has 5 heteroatoms. The van der Waals surface area contributed by atoms with Gasteiger partial charge in [0.2, 0.25) is 10.0 Å². The van der Waals surface area contributed by atoms with Crippen molar-refractivity contribution in [2.24, 2.45) is 5.92 Å². The van der Waals surface area contributed by atoms with Gasteiger partial charge in [-0.1, -0.05) is 43.5 Å². The molecule has 0 amide bonds. The van der Waals surface area contributed by atoms with Crippen LogP contribution in [0.25, 0.3) is 0 Å². The zero-order chi connectivity index (χ0) is 16.2. The van der Waals surface area contributed by atoms with Crippen LogP contribution in [0.2, 0.25) is 0 Å². The van der Waals surface area contributed by atoms with Gasteiger partial charge in [-0.2, -0.15) is 0 Å². The lowest BCUT2D eigenvalue weighted by Crippen LogP contribution is -2.42. The maximum Gasteiger partial charge on any atom is 0.241 e. The van der Waals surface area contributed by atoms with Crippen molar-refractivity contribution in [1.82, 2.24) is 4.72 Å². The van der Waals surface area contributed by atoms with E-state index in [0.29, 0.717) is 5.76 Å². The summed E-state index contributed by atoms with van der Waals surface area (Å²) in [5.41, 5.74) is 1.03. The highest BCUT2D eigenvalue weighted by Crippen LogP contribution is 2.30. The van der Waals surface area contributed by atoms with Crippen LogP contribution in [0.15, 0.2) is 41.5 Å². The Morgan fingerprint density at radius 1 is 1.23 bits per heavy atom. The molecule has 22 heavy (non-hydrogen) atoms. The van der Waals surface area contributed by atoms with Gasteiger partial charge in [0, 0.05) is 0 Å². The van der Waals surface area contributed by atoms with E-state index in [1.54, 1.807) is 31.4 Å². The molecule has 0 aliphatic heterocycles. The Labute approximate surface area is 133 Å². The van der Waals surface area contributed by atoms with Gasteiger partial charge in [0.15, 0.2) is 0 Å². The van der Waals surface area contributed by atoms with Crippen molar-refractivity contribution in [1.29, 1.82) is 0 Å². The second-order valence-corrected chi connectivity index (χ2v) is 7.69. The average molecular weight is 323 g/mol. The Morgan fingerprint density at radius 2 is 1.82 bits per heavy atom. The highest BCUT2D eigenvalue weighted by Gasteiger charge is 2.31. The fourth-order valence-corrected chi connectivity index (χ4v) is 4.26. The van der Waals surface area contributed by atoms with Crippen LogP contribution in [0.3, 0.4) is 0 Å². The van der Waals surface area contributed by atoms with E-state index in [1.807, 2.05) is 6.92 Å². The van der Waals surface area contributed by atoms with Gasteiger partial charge in [-0.15, -0.1) is 0 Å². The SMILES string of the molecule is C=C(OC)C(NS(=O)(=O)c1ccc(C)cc1)C1CCCCC1. The fraction of sp³-hybridized carbons (Fsp3) is 0.529. The lowest BCUT2D eigenvalue weighted by molar-refractivity contribution is 0.209. The summed E-state index contributed by atoms with van der Waals surface area (Å²) in [7, 11) is -2.03. The van der Waals surface area contributed by atoms with Crippen LogP contribution in [-0.4, -0.2) is 21.6 Å². The molecule has 0 radical (unpaired) electrons. The highest BCUT2D eigenvalue weighted by molar-refractivity contribution is 7.89. The van der Waals surface area contributed by atoms with Gasteiger partial charge in [0.25, 0.3) is 0 Å². The fourth-order valence-electron chi connectivity index (χ4n) is 2.97. The molecule has 0 spiro atoms. The van der Waals surface area contributed by atoms with E-state index >= 15 is 0 Å². The first kappa shape index (κ1) is 17.0. The summed E-state index contributed by atoms with van der Waals surface area (Å²) in [6.45, 7) is 5.82. The maximum atomic E-state index is 12.6. The molecule has 122 valence electrons. The standard InChI is InChI=1S/C17H25NO3S/c1-13-9-11-16(12-10-13)22(19,20)18-17(14(2)21-3)15-7-5-4-6-8-15/h9-12,15,17-18H,2,4-8H2,1,3H3. The molecule has 2 rings (SSSR count). The average Bonchev–Trinajstić information content (AvgIpc) is 2.53. The highest BCUT2D eigenvalue weighted by atomic mass is 32.2. The van der Waals surface area contributed by atoms with E-state index < -0.39 is 10.0 Å². The third-order valence-electron chi connectivity index (χ3n) is 4.34. The summed E-state index contributed by atoms with van der Waals surface area (Å²) in [5.74, 6) is 0.740. The van der Waals surface area contributed by atoms with Gasteiger partial charge >= 0.3 is 0 Å². The summed E-state index contributed by atoms with van der Waals surface area (Å²) < 4.78 is 33.3. The molecular formula is C17H25NO3S. The molecule has 0 bridgehead atoms. The molecule has 1 saturated carbocycles. The number of nitrogens with one attached hydrogen (secondary N) is 1. The Hall–Kier alpha value is -1.33. The number of hydrogen-bond donors (Lipinski definition) is 1. The molecular weight excluding hydrogens is 298 g/mol. The maximum absolute atomic E-state index is 12.6. The lowest BCUT2D eigenvalue weighted by Gasteiger charge is -2.31. The Balaban J connectivity index is 2.21. The molecule has 1 aliphatic rings. The minimum absolute atomic E-state index is 0.251. The van der Waals surface area contributed by atoms with Gasteiger partial charge in [-0.3, -0.25) is 0 Å². The Morgan fingerprint density at radius 3 is 2.36 bits per heavy atom. The number of sulfonamides is 1. The first-order valence-electron chi connectivity index (χ1n) is 7.76. The second kappa shape index (κ2) is 7.29. The molecule has 1 unspecified atom stereocenters. The number of aryl methyl sites for hydroxylation is 1. The van der Waals surface area contributed by atoms with Crippen molar-refractivity contribution in [3.05, 3.63) is 42.2 Å². The number of rotatable bonds is 6. The molecule has 1 fully saturated rings. The van der Waals surface area contributed by atoms with E-state index in [4.69, 9.17) is 4.74 Å². The van der Waals surface area contributed by atoms with Crippen molar-refractivity contribution in [3.63, 3.8) is 0 Å². The molecule has 1 aromatic carbocycles. The van der Waals surface area contributed by atoms with Crippen LogP contribution in [0.4, 0.5) is 0 Å². The van der Waals surface area contributed by atoms with Crippen molar-refractivity contribution in [2.45, 2.75) is 50.0 Å². The van der Waals surface area contributed by atoms with Crippen LogP contribution >= 0.6 is 0 Å². The zero-order valence-electron chi connectivity index (χ0n) is 13.3. The quantitative estimate of drug-likeness (QED) is 0.817. The van der Waals surface area contributed by atoms with Crippen LogP contribution in [0.5, 0.6) is 0 Å². The third kappa shape index (κ3) is 4.11. The molecule has 1 aliphatic carbocycles. The summed E-state index contributed by atoms with van der Waals surface area (Å²) in [6, 6.07) is 6.50. The van der Waals surface area contributed by atoms with Crippen LogP contribution in [0, 0.1) is 12.8 Å². The lowest BCUT2D eigenvalue weighted by atomic mass is 9.84. The number of benzene rings is 1. The van der Waals surface area contributed by atoms with E-state index in [9.17, 15) is 8.42 Å². The predicted molar refractivity (Wildman–Crippen MR) is 88.0 cm³/mol. The topological polar surface area (TPSA) is 55.4 Å². The van der Waals surface area contributed by atoms with Crippen LogP contribution in [-0.2, 0) is 14.8 Å². The van der Waals surface area contributed by atoms with Crippen molar-refractivity contribution in [3.8, 4) is 0 Å². The monoisotopic (exact) mass is 323 g/mol. The smallest absolute Gasteiger partial charge is 0.241 e. The van der Waals surface area contributed by atoms with Crippen molar-refractivity contribution in [2.75, 3.05) is 7.11 Å². The van der Waals surface area contributed by atoms with E-state index in [2.05, 4.69) is 11.3 Å². The molecule has 0 aromatic heterocycles. The number of hydrogen-bond acceptors (Lipinski definition) is 3. The number of methoxy groups -OCH3 is 1. The minimum atomic E-state index is -3.57. The summed E-state index contributed by atoms with van der Waals surface area (Å²) in [5, 5.41) is 0. The Kier molecular flexibility index (Phi) is 5.64. The predicted octanol–water partition coefficient (Wildman–Crippen LogP) is 3.38. The minimum Gasteiger partial charge on any atom is -0.500 e. The van der Waals surface area contributed by atoms with Gasteiger partial charge in [-0.25, -0.2) is 13.1 Å². The van der Waals surface area contributed by atoms with Gasteiger partial charge in [-0.05, 0) is 37.8 Å². The van der Waals surface area contributed by atoms with E-state index in [0.717, 1.165) is 31.2 Å². The summed E-state index contributed by atoms with van der Waals surface area (Å²) >= 11 is 0. The van der Waals surface area contributed by atoms with Gasteiger partial charge < -0.3 is 4.74 Å². The largest absolute Gasteiger partial charge is 0.500 e. The van der Waals surface area contributed by atoms with Crippen LogP contribution in [0.1, 0.15) is 37.7 Å². The molecule has 1 N–H and O–H groups in total. The Bertz CT molecular complexity index is 601. The van der Waals surface area contributed by atoms with E-state index in [1.165, 1.54) is 6.42 Å². The summed E-state index contributed by atoms with van der Waals surface area (Å²) in [4.78, 5) is 0.280. The van der Waals surface area contributed by atoms with Gasteiger partial charge in [0.1, 0.15) is 5.76 Å². The van der Waals surface area contributed by atoms with Crippen molar-refractivity contribution < 1.29 is 13.2 Å². The van der Waals surface area contributed by atoms with Crippen LogP contribution < -0.4 is 4.72 Å². The molecule has 1 aromatic rings. The molecule has 0 saturated heterocycles. The van der Waals surface area contributed by atoms with E-state index in [-0.39, 0.29) is 16.9 Å². The van der Waals surface area contributed by atoms with Crippen molar-refractivity contribution >= 4 is 10.0 Å².